The molecule has 0 radical (unpaired) electrons. The van der Waals surface area contributed by atoms with Gasteiger partial charge >= 0.3 is 0 Å². The van der Waals surface area contributed by atoms with Crippen LogP contribution in [0.1, 0.15) is 0 Å². The van der Waals surface area contributed by atoms with Crippen molar-refractivity contribution in [3.8, 4) is 33.9 Å². The van der Waals surface area contributed by atoms with Crippen LogP contribution < -0.4 is 0 Å². The number of H-pyrrole nitrogens is 1. The molecule has 4 nitrogen and oxygen atoms in total. The molecule has 0 atom stereocenters. The Morgan fingerprint density at radius 2 is 0.979 bits per heavy atom. The summed E-state index contributed by atoms with van der Waals surface area (Å²) in [6.45, 7) is 0. The third-order valence-corrected chi connectivity index (χ3v) is 9.47. The highest BCUT2D eigenvalue weighted by molar-refractivity contribution is 6.12. The Morgan fingerprint density at radius 3 is 1.83 bits per heavy atom. The van der Waals surface area contributed by atoms with Gasteiger partial charge in [-0.1, -0.05) is 78.9 Å². The van der Waals surface area contributed by atoms with Crippen molar-refractivity contribution in [3.05, 3.63) is 164 Å². The fourth-order valence-electron chi connectivity index (χ4n) is 7.28. The summed E-state index contributed by atoms with van der Waals surface area (Å²) in [6, 6.07) is 58.5. The smallest absolute Gasteiger partial charge is 0.145 e. The van der Waals surface area contributed by atoms with Crippen LogP contribution in [-0.2, 0) is 0 Å². The molecule has 0 aliphatic carbocycles. The van der Waals surface area contributed by atoms with Crippen LogP contribution in [0.5, 0.6) is 0 Å². The standard InChI is InChI=1S/C43H28N4/c1-2-10-31(11-3-1)47-42-17-9-7-15-39(42)45-43(47)28-18-22-32(23-19-28)46-40-16-8-5-13-34(40)36-27-30(21-25-41(36)46)29-20-24-38-35(26-29)33-12-4-6-14-37(33)44-38/h1-27,44H. The summed E-state index contributed by atoms with van der Waals surface area (Å²) >= 11 is 0. The molecule has 10 rings (SSSR count). The van der Waals surface area contributed by atoms with Gasteiger partial charge in [-0.2, -0.15) is 0 Å². The van der Waals surface area contributed by atoms with Gasteiger partial charge in [0, 0.05) is 49.5 Å². The Morgan fingerprint density at radius 1 is 0.383 bits per heavy atom. The number of aromatic nitrogens is 4. The molecule has 10 aromatic rings. The number of fused-ring (bicyclic) bond motifs is 7. The molecule has 4 heteroatoms. The van der Waals surface area contributed by atoms with Crippen LogP contribution in [0.4, 0.5) is 0 Å². The molecule has 0 aliphatic heterocycles. The van der Waals surface area contributed by atoms with E-state index in [1.165, 1.54) is 49.2 Å². The van der Waals surface area contributed by atoms with Crippen molar-refractivity contribution in [3.63, 3.8) is 0 Å². The van der Waals surface area contributed by atoms with Crippen LogP contribution in [0, 0.1) is 0 Å². The molecule has 0 aliphatic rings. The molecule has 0 bridgehead atoms. The molecular formula is C43H28N4. The third-order valence-electron chi connectivity index (χ3n) is 9.47. The highest BCUT2D eigenvalue weighted by atomic mass is 15.1. The maximum atomic E-state index is 5.08. The first-order valence-electron chi connectivity index (χ1n) is 16.0. The first-order chi connectivity index (χ1) is 23.3. The van der Waals surface area contributed by atoms with Gasteiger partial charge in [0.15, 0.2) is 0 Å². The summed E-state index contributed by atoms with van der Waals surface area (Å²) in [4.78, 5) is 8.63. The van der Waals surface area contributed by atoms with E-state index >= 15 is 0 Å². The van der Waals surface area contributed by atoms with Gasteiger partial charge in [0.1, 0.15) is 5.82 Å². The molecule has 47 heavy (non-hydrogen) atoms. The zero-order valence-electron chi connectivity index (χ0n) is 25.4. The van der Waals surface area contributed by atoms with E-state index in [0.717, 1.165) is 39.3 Å². The average molecular weight is 601 g/mol. The van der Waals surface area contributed by atoms with Gasteiger partial charge in [-0.05, 0) is 96.1 Å². The van der Waals surface area contributed by atoms with Gasteiger partial charge < -0.3 is 9.55 Å². The minimum absolute atomic E-state index is 0.933. The minimum atomic E-state index is 0.933. The predicted molar refractivity (Wildman–Crippen MR) is 196 cm³/mol. The summed E-state index contributed by atoms with van der Waals surface area (Å²) in [5, 5.41) is 4.99. The number of benzene rings is 7. The lowest BCUT2D eigenvalue weighted by molar-refractivity contribution is 1.10. The first-order valence-corrected chi connectivity index (χ1v) is 16.0. The Labute approximate surface area is 270 Å². The highest BCUT2D eigenvalue weighted by Gasteiger charge is 2.17. The molecule has 0 amide bonds. The molecule has 0 spiro atoms. The first kappa shape index (κ1) is 25.9. The number of hydrogen-bond donors (Lipinski definition) is 1. The highest BCUT2D eigenvalue weighted by Crippen LogP contribution is 2.37. The zero-order valence-corrected chi connectivity index (χ0v) is 25.4. The number of rotatable bonds is 4. The van der Waals surface area contributed by atoms with Crippen molar-refractivity contribution in [1.82, 2.24) is 19.1 Å². The summed E-state index contributed by atoms with van der Waals surface area (Å²) in [6.07, 6.45) is 0. The fourth-order valence-corrected chi connectivity index (χ4v) is 7.28. The summed E-state index contributed by atoms with van der Waals surface area (Å²) in [5.74, 6) is 0.933. The summed E-state index contributed by atoms with van der Waals surface area (Å²) in [5.41, 5.74) is 12.5. The normalized spacial score (nSPS) is 11.8. The van der Waals surface area contributed by atoms with E-state index in [0.29, 0.717) is 0 Å². The van der Waals surface area contributed by atoms with Crippen LogP contribution >= 0.6 is 0 Å². The van der Waals surface area contributed by atoms with Crippen molar-refractivity contribution in [2.24, 2.45) is 0 Å². The van der Waals surface area contributed by atoms with Crippen LogP contribution in [-0.4, -0.2) is 19.1 Å². The van der Waals surface area contributed by atoms with Crippen molar-refractivity contribution in [1.29, 1.82) is 0 Å². The molecular weight excluding hydrogens is 573 g/mol. The van der Waals surface area contributed by atoms with E-state index in [1.54, 1.807) is 0 Å². The number of nitrogens with one attached hydrogen (secondary N) is 1. The van der Waals surface area contributed by atoms with Gasteiger partial charge in [-0.25, -0.2) is 4.98 Å². The molecule has 0 fully saturated rings. The monoisotopic (exact) mass is 600 g/mol. The second-order valence-corrected chi connectivity index (χ2v) is 12.2. The molecule has 3 heterocycles. The van der Waals surface area contributed by atoms with Crippen molar-refractivity contribution in [2.75, 3.05) is 0 Å². The van der Waals surface area contributed by atoms with Gasteiger partial charge in [-0.3, -0.25) is 4.57 Å². The van der Waals surface area contributed by atoms with Gasteiger partial charge in [-0.15, -0.1) is 0 Å². The lowest BCUT2D eigenvalue weighted by Gasteiger charge is -2.12. The van der Waals surface area contributed by atoms with E-state index in [2.05, 4.69) is 166 Å². The molecule has 1 N–H and O–H groups in total. The molecule has 0 unspecified atom stereocenters. The topological polar surface area (TPSA) is 38.5 Å². The number of para-hydroxylation sites is 5. The van der Waals surface area contributed by atoms with Crippen LogP contribution in [0.3, 0.4) is 0 Å². The molecule has 3 aromatic heterocycles. The summed E-state index contributed by atoms with van der Waals surface area (Å²) < 4.78 is 4.63. The average Bonchev–Trinajstić information content (AvgIpc) is 3.81. The lowest BCUT2D eigenvalue weighted by Crippen LogP contribution is -1.98. The number of nitrogens with zero attached hydrogens (tertiary/aromatic N) is 3. The van der Waals surface area contributed by atoms with E-state index in [4.69, 9.17) is 4.98 Å². The molecule has 0 saturated heterocycles. The number of aromatic amines is 1. The Balaban J connectivity index is 1.10. The van der Waals surface area contributed by atoms with E-state index in [9.17, 15) is 0 Å². The lowest BCUT2D eigenvalue weighted by atomic mass is 10.0. The quantitative estimate of drug-likeness (QED) is 0.214. The maximum Gasteiger partial charge on any atom is 0.145 e. The SMILES string of the molecule is c1ccc(-n2c(-c3ccc(-n4c5ccccc5c5cc(-c6ccc7[nH]c8ccccc8c7c6)ccc54)cc3)nc3ccccc32)cc1. The Hall–Kier alpha value is -6.39. The largest absolute Gasteiger partial charge is 0.355 e. The number of imidazole rings is 1. The fraction of sp³-hybridized carbons (Fsp3) is 0. The third kappa shape index (κ3) is 3.98. The van der Waals surface area contributed by atoms with Gasteiger partial charge in [0.25, 0.3) is 0 Å². The van der Waals surface area contributed by atoms with Crippen molar-refractivity contribution in [2.45, 2.75) is 0 Å². The molecule has 220 valence electrons. The van der Waals surface area contributed by atoms with Gasteiger partial charge in [0.2, 0.25) is 0 Å². The summed E-state index contributed by atoms with van der Waals surface area (Å²) in [7, 11) is 0. The second-order valence-electron chi connectivity index (χ2n) is 12.2. The van der Waals surface area contributed by atoms with Crippen LogP contribution in [0.2, 0.25) is 0 Å². The predicted octanol–water partition coefficient (Wildman–Crippen LogP) is 11.1. The minimum Gasteiger partial charge on any atom is -0.355 e. The zero-order chi connectivity index (χ0) is 30.9. The van der Waals surface area contributed by atoms with E-state index < -0.39 is 0 Å². The molecule has 0 saturated carbocycles. The molecule has 7 aromatic carbocycles. The second kappa shape index (κ2) is 10.1. The van der Waals surface area contributed by atoms with Crippen LogP contribution in [0.25, 0.3) is 88.5 Å². The maximum absolute atomic E-state index is 5.08. The Kier molecular flexibility index (Phi) is 5.54. The Bertz CT molecular complexity index is 2780. The van der Waals surface area contributed by atoms with Crippen molar-refractivity contribution < 1.29 is 0 Å². The van der Waals surface area contributed by atoms with E-state index in [1.807, 2.05) is 12.1 Å². The van der Waals surface area contributed by atoms with Gasteiger partial charge in [0.05, 0.1) is 22.1 Å². The van der Waals surface area contributed by atoms with Crippen LogP contribution in [0.15, 0.2) is 164 Å². The van der Waals surface area contributed by atoms with E-state index in [-0.39, 0.29) is 0 Å². The number of hydrogen-bond acceptors (Lipinski definition) is 1. The van der Waals surface area contributed by atoms with Crippen molar-refractivity contribution >= 4 is 54.6 Å².